The number of hydrogen-bond acceptors (Lipinski definition) is 8. The number of thiazole rings is 1. The van der Waals surface area contributed by atoms with Gasteiger partial charge in [0.1, 0.15) is 6.61 Å². The third kappa shape index (κ3) is 6.79. The van der Waals surface area contributed by atoms with Crippen molar-refractivity contribution in [3.8, 4) is 11.5 Å². The Hall–Kier alpha value is -4.57. The molecule has 2 heterocycles. The van der Waals surface area contributed by atoms with Crippen molar-refractivity contribution in [2.75, 3.05) is 20.0 Å². The quantitative estimate of drug-likeness (QED) is 0.118. The van der Waals surface area contributed by atoms with Crippen molar-refractivity contribution in [2.24, 2.45) is 4.99 Å². The Morgan fingerprint density at radius 1 is 1.00 bits per heavy atom. The van der Waals surface area contributed by atoms with E-state index in [1.165, 1.54) is 11.3 Å². The number of halogens is 1. The predicted molar refractivity (Wildman–Crippen MR) is 188 cm³/mol. The summed E-state index contributed by atoms with van der Waals surface area (Å²) < 4.78 is 19.3. The molecule has 238 valence electrons. The summed E-state index contributed by atoms with van der Waals surface area (Å²) in [5.41, 5.74) is 3.68. The lowest BCUT2D eigenvalue weighted by molar-refractivity contribution is -0.138. The molecule has 0 radical (unpaired) electrons. The molecule has 5 aromatic rings. The fourth-order valence-corrected chi connectivity index (χ4v) is 6.96. The van der Waals surface area contributed by atoms with Crippen molar-refractivity contribution >= 4 is 52.4 Å². The third-order valence-electron chi connectivity index (χ3n) is 7.63. The lowest BCUT2D eigenvalue weighted by Gasteiger charge is -2.26. The van der Waals surface area contributed by atoms with Gasteiger partial charge in [-0.25, -0.2) is 9.79 Å². The number of esters is 1. The molecule has 0 bridgehead atoms. The second-order valence-corrected chi connectivity index (χ2v) is 12.8. The molecule has 47 heavy (non-hydrogen) atoms. The lowest BCUT2D eigenvalue weighted by Crippen LogP contribution is -2.40. The van der Waals surface area contributed by atoms with E-state index in [0.717, 1.165) is 27.1 Å². The number of carbonyl (C=O) groups excluding carboxylic acids is 1. The topological polar surface area (TPSA) is 79.1 Å². The molecule has 7 nitrogen and oxygen atoms in total. The number of thioether (sulfide) groups is 1. The molecule has 10 heteroatoms. The normalized spacial score (nSPS) is 14.4. The zero-order valence-corrected chi connectivity index (χ0v) is 28.3. The molecule has 0 aliphatic carbocycles. The first-order valence-corrected chi connectivity index (χ1v) is 17.3. The number of carbonyl (C=O) groups is 1. The summed E-state index contributed by atoms with van der Waals surface area (Å²) >= 11 is 9.19. The molecule has 0 spiro atoms. The van der Waals surface area contributed by atoms with Crippen LogP contribution in [0, 0.1) is 0 Å². The van der Waals surface area contributed by atoms with Crippen LogP contribution in [0.25, 0.3) is 11.8 Å². The predicted octanol–water partition coefficient (Wildman–Crippen LogP) is 6.90. The largest absolute Gasteiger partial charge is 0.493 e. The summed E-state index contributed by atoms with van der Waals surface area (Å²) in [6, 6.07) is 29.6. The van der Waals surface area contributed by atoms with Crippen molar-refractivity contribution in [1.82, 2.24) is 4.57 Å². The first kappa shape index (κ1) is 32.4. The summed E-state index contributed by atoms with van der Waals surface area (Å²) in [6.45, 7) is 2.23. The Bertz CT molecular complexity index is 2140. The first-order chi connectivity index (χ1) is 22.9. The lowest BCUT2D eigenvalue weighted by atomic mass is 9.93. The molecule has 0 saturated carbocycles. The number of fused-ring (bicyclic) bond motifs is 1. The van der Waals surface area contributed by atoms with Crippen LogP contribution in [-0.4, -0.2) is 30.5 Å². The van der Waals surface area contributed by atoms with Gasteiger partial charge in [-0.3, -0.25) is 9.36 Å². The van der Waals surface area contributed by atoms with E-state index in [-0.39, 0.29) is 18.8 Å². The Labute approximate surface area is 285 Å². The van der Waals surface area contributed by atoms with Gasteiger partial charge < -0.3 is 14.2 Å². The van der Waals surface area contributed by atoms with Crippen LogP contribution in [0.15, 0.2) is 117 Å². The molecule has 4 aromatic carbocycles. The first-order valence-electron chi connectivity index (χ1n) is 14.9. The molecule has 1 atom stereocenters. The minimum atomic E-state index is -0.742. The van der Waals surface area contributed by atoms with E-state index in [4.69, 9.17) is 30.8 Å². The van der Waals surface area contributed by atoms with E-state index >= 15 is 0 Å². The van der Waals surface area contributed by atoms with Crippen molar-refractivity contribution in [3.05, 3.63) is 150 Å². The van der Waals surface area contributed by atoms with E-state index in [0.29, 0.717) is 37.1 Å². The molecular weight excluding hydrogens is 652 g/mol. The molecule has 0 unspecified atom stereocenters. The molecule has 0 saturated heterocycles. The van der Waals surface area contributed by atoms with Crippen LogP contribution in [0.4, 0.5) is 0 Å². The molecule has 0 fully saturated rings. The number of rotatable bonds is 10. The number of methoxy groups -OCH3 is 1. The van der Waals surface area contributed by atoms with Gasteiger partial charge in [0.25, 0.3) is 5.56 Å². The highest BCUT2D eigenvalue weighted by Crippen LogP contribution is 2.36. The van der Waals surface area contributed by atoms with Gasteiger partial charge in [-0.1, -0.05) is 89.7 Å². The second-order valence-electron chi connectivity index (χ2n) is 10.5. The Balaban J connectivity index is 1.47. The second kappa shape index (κ2) is 14.5. The van der Waals surface area contributed by atoms with Gasteiger partial charge >= 0.3 is 5.97 Å². The Morgan fingerprint density at radius 2 is 1.74 bits per heavy atom. The average molecular weight is 683 g/mol. The van der Waals surface area contributed by atoms with Gasteiger partial charge in [-0.05, 0) is 60.7 Å². The molecule has 0 N–H and O–H groups in total. The maximum Gasteiger partial charge on any atom is 0.338 e. The van der Waals surface area contributed by atoms with Crippen LogP contribution in [0.1, 0.15) is 35.2 Å². The smallest absolute Gasteiger partial charge is 0.338 e. The monoisotopic (exact) mass is 682 g/mol. The fraction of sp³-hybridized carbons (Fsp3) is 0.162. The van der Waals surface area contributed by atoms with Crippen molar-refractivity contribution in [1.29, 1.82) is 0 Å². The van der Waals surface area contributed by atoms with Gasteiger partial charge in [0, 0.05) is 21.0 Å². The highest BCUT2D eigenvalue weighted by Gasteiger charge is 2.35. The van der Waals surface area contributed by atoms with Crippen molar-refractivity contribution in [2.45, 2.75) is 24.5 Å². The maximum absolute atomic E-state index is 14.2. The van der Waals surface area contributed by atoms with Crippen LogP contribution in [-0.2, 0) is 16.1 Å². The van der Waals surface area contributed by atoms with Crippen molar-refractivity contribution < 1.29 is 19.0 Å². The summed E-state index contributed by atoms with van der Waals surface area (Å²) in [5, 5.41) is 0.624. The van der Waals surface area contributed by atoms with Gasteiger partial charge in [0.15, 0.2) is 16.3 Å². The molecular formula is C37H31ClN2O5S2. The Kier molecular flexibility index (Phi) is 9.96. The minimum absolute atomic E-state index is 0.187. The van der Waals surface area contributed by atoms with E-state index in [2.05, 4.69) is 0 Å². The van der Waals surface area contributed by atoms with Crippen LogP contribution in [0.3, 0.4) is 0 Å². The highest BCUT2D eigenvalue weighted by molar-refractivity contribution is 7.98. The molecule has 1 aliphatic heterocycles. The van der Waals surface area contributed by atoms with E-state index in [1.807, 2.05) is 97.3 Å². The standard InChI is InChI=1S/C37H31ClN2O5S2/c1-4-44-36(42)32-33(24-10-6-5-7-11-24)39-37-40(34(32)25-15-17-27(46-3)18-16-25)35(41)31(47-37)21-23-14-19-29(30(20-23)43-2)45-22-26-12-8-9-13-28(26)38/h5-21,34H,4,22H2,1-3H3/b31-21-/t34-/m0/s1. The molecule has 6 rings (SSSR count). The highest BCUT2D eigenvalue weighted by atomic mass is 35.5. The van der Waals surface area contributed by atoms with E-state index in [9.17, 15) is 9.59 Å². The SMILES string of the molecule is CCOC(=O)C1=C(c2ccccc2)N=c2s/c(=C\c3ccc(OCc4ccccc4Cl)c(OC)c3)c(=O)n2[C@H]1c1ccc(SC)cc1. The average Bonchev–Trinajstić information content (AvgIpc) is 3.41. The summed E-state index contributed by atoms with van der Waals surface area (Å²) in [6.07, 6.45) is 3.80. The van der Waals surface area contributed by atoms with Gasteiger partial charge in [0.05, 0.1) is 35.6 Å². The van der Waals surface area contributed by atoms with E-state index in [1.54, 1.807) is 42.5 Å². The van der Waals surface area contributed by atoms with Crippen LogP contribution in [0.2, 0.25) is 5.02 Å². The molecule has 1 aromatic heterocycles. The zero-order valence-electron chi connectivity index (χ0n) is 25.9. The fourth-order valence-electron chi connectivity index (χ4n) is 5.36. The Morgan fingerprint density at radius 3 is 2.45 bits per heavy atom. The van der Waals surface area contributed by atoms with Gasteiger partial charge in [-0.15, -0.1) is 11.8 Å². The summed E-state index contributed by atoms with van der Waals surface area (Å²) in [7, 11) is 1.57. The number of aromatic nitrogens is 1. The summed E-state index contributed by atoms with van der Waals surface area (Å²) in [5.74, 6) is 0.549. The maximum atomic E-state index is 14.2. The van der Waals surface area contributed by atoms with E-state index < -0.39 is 12.0 Å². The van der Waals surface area contributed by atoms with Gasteiger partial charge in [0.2, 0.25) is 0 Å². The molecule has 1 aliphatic rings. The van der Waals surface area contributed by atoms with Crippen LogP contribution < -0.4 is 24.4 Å². The van der Waals surface area contributed by atoms with Gasteiger partial charge in [-0.2, -0.15) is 0 Å². The third-order valence-corrected chi connectivity index (χ3v) is 9.73. The van der Waals surface area contributed by atoms with Crippen LogP contribution in [0.5, 0.6) is 11.5 Å². The minimum Gasteiger partial charge on any atom is -0.493 e. The van der Waals surface area contributed by atoms with Crippen molar-refractivity contribution in [3.63, 3.8) is 0 Å². The number of hydrogen-bond donors (Lipinski definition) is 0. The number of benzene rings is 4. The number of ether oxygens (including phenoxy) is 3. The summed E-state index contributed by atoms with van der Waals surface area (Å²) in [4.78, 5) is 34.4. The molecule has 0 amide bonds. The number of nitrogens with zero attached hydrogens (tertiary/aromatic N) is 2. The van der Waals surface area contributed by atoms with Crippen LogP contribution >= 0.6 is 34.7 Å². The zero-order chi connectivity index (χ0) is 32.9.